The molecule has 0 radical (unpaired) electrons. The summed E-state index contributed by atoms with van der Waals surface area (Å²) < 4.78 is 26.9. The molecule has 1 unspecified atom stereocenters. The van der Waals surface area contributed by atoms with Crippen LogP contribution in [0.1, 0.15) is 49.2 Å². The Morgan fingerprint density at radius 2 is 2.05 bits per heavy atom. The van der Waals surface area contributed by atoms with Crippen molar-refractivity contribution < 1.29 is 13.2 Å². The van der Waals surface area contributed by atoms with Gasteiger partial charge in [0.2, 0.25) is 10.0 Å². The van der Waals surface area contributed by atoms with E-state index in [4.69, 9.17) is 0 Å². The van der Waals surface area contributed by atoms with E-state index in [1.54, 1.807) is 11.4 Å². The lowest BCUT2D eigenvalue weighted by molar-refractivity contribution is 0.0940. The van der Waals surface area contributed by atoms with Crippen molar-refractivity contribution in [1.29, 1.82) is 0 Å². The molecule has 0 saturated carbocycles. The fourth-order valence-electron chi connectivity index (χ4n) is 2.30. The second kappa shape index (κ2) is 6.89. The number of nitrogens with zero attached hydrogens (tertiary/aromatic N) is 1. The lowest BCUT2D eigenvalue weighted by atomic mass is 10.2. The van der Waals surface area contributed by atoms with Crippen molar-refractivity contribution in [2.75, 3.05) is 13.1 Å². The van der Waals surface area contributed by atoms with Gasteiger partial charge in [0.15, 0.2) is 0 Å². The Morgan fingerprint density at radius 3 is 2.67 bits per heavy atom. The van der Waals surface area contributed by atoms with E-state index in [2.05, 4.69) is 5.32 Å². The predicted molar refractivity (Wildman–Crippen MR) is 84.1 cm³/mol. The lowest BCUT2D eigenvalue weighted by Crippen LogP contribution is -2.37. The Balaban J connectivity index is 2.24. The maximum Gasteiger partial charge on any atom is 0.262 e. The second-order valence-corrected chi connectivity index (χ2v) is 8.18. The van der Waals surface area contributed by atoms with E-state index < -0.39 is 10.0 Å². The molecule has 0 aliphatic carbocycles. The third-order valence-corrected chi connectivity index (χ3v) is 6.74. The van der Waals surface area contributed by atoms with Gasteiger partial charge in [-0.2, -0.15) is 4.31 Å². The average Bonchev–Trinajstić information content (AvgIpc) is 2.98. The largest absolute Gasteiger partial charge is 0.349 e. The van der Waals surface area contributed by atoms with Crippen LogP contribution in [-0.2, 0) is 10.0 Å². The number of rotatable bonds is 5. The number of carbonyl (C=O) groups excluding carboxylic acids is 1. The zero-order valence-electron chi connectivity index (χ0n) is 12.5. The summed E-state index contributed by atoms with van der Waals surface area (Å²) in [5.74, 6) is -0.296. The first-order chi connectivity index (χ1) is 9.96. The van der Waals surface area contributed by atoms with Crippen molar-refractivity contribution in [2.45, 2.75) is 50.5 Å². The Labute approximate surface area is 130 Å². The van der Waals surface area contributed by atoms with Crippen LogP contribution in [0.4, 0.5) is 0 Å². The normalized spacial score (nSPS) is 18.4. The SMILES string of the molecule is CCC(C)NC(=O)c1sccc1S(=O)(=O)N1CCCCC1. The molecule has 0 aromatic carbocycles. The molecule has 1 aliphatic heterocycles. The molecule has 7 heteroatoms. The van der Waals surface area contributed by atoms with Gasteiger partial charge in [-0.05, 0) is 37.6 Å². The fourth-order valence-corrected chi connectivity index (χ4v) is 5.12. The maximum atomic E-state index is 12.7. The minimum atomic E-state index is -3.55. The molecule has 21 heavy (non-hydrogen) atoms. The highest BCUT2D eigenvalue weighted by atomic mass is 32.2. The molecule has 1 amide bonds. The topological polar surface area (TPSA) is 66.5 Å². The first kappa shape index (κ1) is 16.5. The standard InChI is InChI=1S/C14H22N2O3S2/c1-3-11(2)15-14(17)13-12(7-10-20-13)21(18,19)16-8-5-4-6-9-16/h7,10-11H,3-6,8-9H2,1-2H3,(H,15,17). The summed E-state index contributed by atoms with van der Waals surface area (Å²) in [6.45, 7) is 4.98. The summed E-state index contributed by atoms with van der Waals surface area (Å²) >= 11 is 1.18. The van der Waals surface area contributed by atoms with Crippen LogP contribution in [0.5, 0.6) is 0 Å². The van der Waals surface area contributed by atoms with E-state index in [1.165, 1.54) is 15.6 Å². The van der Waals surface area contributed by atoms with Gasteiger partial charge in [-0.1, -0.05) is 13.3 Å². The molecule has 2 rings (SSSR count). The molecule has 0 bridgehead atoms. The van der Waals surface area contributed by atoms with Gasteiger partial charge in [0.1, 0.15) is 9.77 Å². The van der Waals surface area contributed by atoms with Crippen molar-refractivity contribution in [3.63, 3.8) is 0 Å². The van der Waals surface area contributed by atoms with Crippen LogP contribution in [0.25, 0.3) is 0 Å². The van der Waals surface area contributed by atoms with Crippen LogP contribution in [0, 0.1) is 0 Å². The third kappa shape index (κ3) is 3.64. The molecular weight excluding hydrogens is 308 g/mol. The van der Waals surface area contributed by atoms with Gasteiger partial charge in [-0.3, -0.25) is 4.79 Å². The first-order valence-electron chi connectivity index (χ1n) is 7.35. The van der Waals surface area contributed by atoms with Crippen LogP contribution in [0.3, 0.4) is 0 Å². The summed E-state index contributed by atoms with van der Waals surface area (Å²) in [5.41, 5.74) is 0. The van der Waals surface area contributed by atoms with Gasteiger partial charge in [0, 0.05) is 19.1 Å². The van der Waals surface area contributed by atoms with E-state index in [0.29, 0.717) is 18.0 Å². The van der Waals surface area contributed by atoms with E-state index >= 15 is 0 Å². The number of nitrogens with one attached hydrogen (secondary N) is 1. The van der Waals surface area contributed by atoms with Crippen LogP contribution in [0.15, 0.2) is 16.3 Å². The van der Waals surface area contributed by atoms with Crippen molar-refractivity contribution in [3.05, 3.63) is 16.3 Å². The molecule has 2 heterocycles. The molecule has 1 fully saturated rings. The van der Waals surface area contributed by atoms with Crippen LogP contribution in [-0.4, -0.2) is 37.8 Å². The highest BCUT2D eigenvalue weighted by Crippen LogP contribution is 2.27. The highest BCUT2D eigenvalue weighted by Gasteiger charge is 2.31. The van der Waals surface area contributed by atoms with Crippen LogP contribution >= 0.6 is 11.3 Å². The number of sulfonamides is 1. The molecule has 1 aromatic rings. The van der Waals surface area contributed by atoms with Gasteiger partial charge in [0.05, 0.1) is 0 Å². The van der Waals surface area contributed by atoms with Crippen LogP contribution in [0.2, 0.25) is 0 Å². The van der Waals surface area contributed by atoms with Crippen molar-refractivity contribution in [1.82, 2.24) is 9.62 Å². The van der Waals surface area contributed by atoms with Crippen molar-refractivity contribution >= 4 is 27.3 Å². The molecular formula is C14H22N2O3S2. The van der Waals surface area contributed by atoms with Gasteiger partial charge in [-0.25, -0.2) is 8.42 Å². The minimum absolute atomic E-state index is 0.0325. The molecule has 1 aliphatic rings. The zero-order valence-corrected chi connectivity index (χ0v) is 14.1. The van der Waals surface area contributed by atoms with Gasteiger partial charge < -0.3 is 5.32 Å². The fraction of sp³-hybridized carbons (Fsp3) is 0.643. The summed E-state index contributed by atoms with van der Waals surface area (Å²) in [6.07, 6.45) is 3.65. The lowest BCUT2D eigenvalue weighted by Gasteiger charge is -2.25. The number of piperidine rings is 1. The summed E-state index contributed by atoms with van der Waals surface area (Å²) in [5, 5.41) is 4.50. The number of amides is 1. The Morgan fingerprint density at radius 1 is 1.38 bits per heavy atom. The summed E-state index contributed by atoms with van der Waals surface area (Å²) in [6, 6.07) is 1.57. The zero-order chi connectivity index (χ0) is 15.5. The van der Waals surface area contributed by atoms with Crippen LogP contribution < -0.4 is 5.32 Å². The number of hydrogen-bond donors (Lipinski definition) is 1. The first-order valence-corrected chi connectivity index (χ1v) is 9.67. The smallest absolute Gasteiger partial charge is 0.262 e. The monoisotopic (exact) mass is 330 g/mol. The van der Waals surface area contributed by atoms with E-state index in [0.717, 1.165) is 25.7 Å². The number of thiophene rings is 1. The second-order valence-electron chi connectivity index (χ2n) is 5.36. The van der Waals surface area contributed by atoms with Gasteiger partial charge >= 0.3 is 0 Å². The quantitative estimate of drug-likeness (QED) is 0.902. The van der Waals surface area contributed by atoms with Gasteiger partial charge in [0.25, 0.3) is 5.91 Å². The van der Waals surface area contributed by atoms with E-state index in [1.807, 2.05) is 13.8 Å². The Hall–Kier alpha value is -0.920. The highest BCUT2D eigenvalue weighted by molar-refractivity contribution is 7.89. The van der Waals surface area contributed by atoms with E-state index in [-0.39, 0.29) is 16.8 Å². The number of hydrogen-bond acceptors (Lipinski definition) is 4. The number of carbonyl (C=O) groups is 1. The molecule has 1 atom stereocenters. The molecule has 1 N–H and O–H groups in total. The molecule has 5 nitrogen and oxygen atoms in total. The molecule has 1 aromatic heterocycles. The predicted octanol–water partition coefficient (Wildman–Crippen LogP) is 2.45. The van der Waals surface area contributed by atoms with E-state index in [9.17, 15) is 13.2 Å². The Kier molecular flexibility index (Phi) is 5.40. The molecule has 1 saturated heterocycles. The minimum Gasteiger partial charge on any atom is -0.349 e. The summed E-state index contributed by atoms with van der Waals surface area (Å²) in [4.78, 5) is 12.7. The van der Waals surface area contributed by atoms with Gasteiger partial charge in [-0.15, -0.1) is 11.3 Å². The van der Waals surface area contributed by atoms with Crippen molar-refractivity contribution in [3.8, 4) is 0 Å². The maximum absolute atomic E-state index is 12.7. The summed E-state index contributed by atoms with van der Waals surface area (Å²) in [7, 11) is -3.55. The van der Waals surface area contributed by atoms with Crippen molar-refractivity contribution in [2.24, 2.45) is 0 Å². The molecule has 0 spiro atoms. The average molecular weight is 330 g/mol. The molecule has 118 valence electrons. The third-order valence-electron chi connectivity index (χ3n) is 3.76. The Bertz CT molecular complexity index is 589.